The van der Waals surface area contributed by atoms with E-state index < -0.39 is 43.3 Å². The first-order valence-corrected chi connectivity index (χ1v) is 7.80. The highest BCUT2D eigenvalue weighted by molar-refractivity contribution is 5.89. The van der Waals surface area contributed by atoms with E-state index in [2.05, 4.69) is 0 Å². The molecule has 1 unspecified atom stereocenters. The van der Waals surface area contributed by atoms with Crippen LogP contribution in [0.5, 0.6) is 0 Å². The van der Waals surface area contributed by atoms with E-state index in [0.717, 1.165) is 5.57 Å². The topological polar surface area (TPSA) is 126 Å². The summed E-state index contributed by atoms with van der Waals surface area (Å²) < 4.78 is 15.8. The molecule has 136 valence electrons. The smallest absolute Gasteiger partial charge is 0.336 e. The van der Waals surface area contributed by atoms with Crippen molar-refractivity contribution in [2.45, 2.75) is 57.1 Å². The summed E-state index contributed by atoms with van der Waals surface area (Å²) in [6, 6.07) is 0. The molecular weight excluding hydrogens is 320 g/mol. The lowest BCUT2D eigenvalue weighted by atomic mass is 9.99. The number of allylic oxidation sites excluding steroid dienone is 1. The molecule has 2 aliphatic rings. The van der Waals surface area contributed by atoms with Gasteiger partial charge in [-0.2, -0.15) is 0 Å². The lowest BCUT2D eigenvalue weighted by molar-refractivity contribution is -0.299. The Hall–Kier alpha value is -1.29. The monoisotopic (exact) mass is 344 g/mol. The minimum atomic E-state index is -1.52. The summed E-state index contributed by atoms with van der Waals surface area (Å²) in [6.45, 7) is 3.10. The molecule has 1 saturated heterocycles. The van der Waals surface area contributed by atoms with Crippen molar-refractivity contribution >= 4 is 5.97 Å². The van der Waals surface area contributed by atoms with Crippen molar-refractivity contribution in [2.24, 2.45) is 0 Å². The number of esters is 1. The highest BCUT2D eigenvalue weighted by atomic mass is 16.7. The molecule has 0 spiro atoms. The van der Waals surface area contributed by atoms with Gasteiger partial charge in [-0.25, -0.2) is 4.79 Å². The Bertz CT molecular complexity index is 508. The number of aliphatic hydroxyl groups excluding tert-OH is 4. The molecule has 6 atom stereocenters. The third kappa shape index (κ3) is 4.41. The second-order valence-corrected chi connectivity index (χ2v) is 6.16. The van der Waals surface area contributed by atoms with Gasteiger partial charge in [0.05, 0.1) is 18.8 Å². The van der Waals surface area contributed by atoms with E-state index in [1.807, 2.05) is 19.9 Å². The van der Waals surface area contributed by atoms with Gasteiger partial charge in [-0.05, 0) is 19.9 Å². The summed E-state index contributed by atoms with van der Waals surface area (Å²) in [5.41, 5.74) is 1.33. The molecule has 0 radical (unpaired) electrons. The van der Waals surface area contributed by atoms with Crippen LogP contribution in [0.25, 0.3) is 0 Å². The van der Waals surface area contributed by atoms with E-state index in [-0.39, 0.29) is 18.3 Å². The van der Waals surface area contributed by atoms with Crippen LogP contribution in [0.3, 0.4) is 0 Å². The van der Waals surface area contributed by atoms with E-state index in [1.54, 1.807) is 6.08 Å². The number of carbonyl (C=O) groups is 1. The van der Waals surface area contributed by atoms with Gasteiger partial charge in [-0.3, -0.25) is 0 Å². The van der Waals surface area contributed by atoms with Crippen molar-refractivity contribution < 1.29 is 39.4 Å². The lowest BCUT2D eigenvalue weighted by Gasteiger charge is -2.39. The number of hydrogen-bond donors (Lipinski definition) is 4. The standard InChI is InChI=1S/C16H24O8/c1-8(2)5-10-4-3-9(15(21)23-10)7-22-16-14(20)13(19)12(18)11(6-17)24-16/h3,5,10-14,16-20H,4,6-7H2,1-2H3/t10?,11-,12-,13+,14-,16-/m1/s1. The quantitative estimate of drug-likeness (QED) is 0.370. The Morgan fingerprint density at radius 2 is 2.00 bits per heavy atom. The zero-order valence-corrected chi connectivity index (χ0v) is 13.7. The van der Waals surface area contributed by atoms with Gasteiger partial charge >= 0.3 is 5.97 Å². The van der Waals surface area contributed by atoms with E-state index in [1.165, 1.54) is 0 Å². The third-order valence-corrected chi connectivity index (χ3v) is 3.89. The van der Waals surface area contributed by atoms with Gasteiger partial charge in [0.15, 0.2) is 6.29 Å². The van der Waals surface area contributed by atoms with Crippen LogP contribution in [-0.4, -0.2) is 76.4 Å². The van der Waals surface area contributed by atoms with Crippen LogP contribution in [-0.2, 0) is 19.0 Å². The Labute approximate surface area is 140 Å². The van der Waals surface area contributed by atoms with Gasteiger partial charge in [0.2, 0.25) is 0 Å². The number of hydrogen-bond acceptors (Lipinski definition) is 8. The molecule has 0 aromatic heterocycles. The highest BCUT2D eigenvalue weighted by Gasteiger charge is 2.44. The van der Waals surface area contributed by atoms with Crippen molar-refractivity contribution in [1.82, 2.24) is 0 Å². The van der Waals surface area contributed by atoms with Gasteiger partial charge in [0, 0.05) is 6.42 Å². The predicted octanol–water partition coefficient (Wildman–Crippen LogP) is -0.989. The van der Waals surface area contributed by atoms with Gasteiger partial charge in [0.25, 0.3) is 0 Å². The summed E-state index contributed by atoms with van der Waals surface area (Å²) in [5, 5.41) is 38.4. The predicted molar refractivity (Wildman–Crippen MR) is 81.7 cm³/mol. The molecule has 4 N–H and O–H groups in total. The van der Waals surface area contributed by atoms with E-state index in [9.17, 15) is 20.1 Å². The third-order valence-electron chi connectivity index (χ3n) is 3.89. The van der Waals surface area contributed by atoms with Crippen molar-refractivity contribution in [2.75, 3.05) is 13.2 Å². The van der Waals surface area contributed by atoms with Crippen LogP contribution < -0.4 is 0 Å². The molecule has 0 aliphatic carbocycles. The average molecular weight is 344 g/mol. The molecule has 0 bridgehead atoms. The lowest BCUT2D eigenvalue weighted by Crippen LogP contribution is -2.59. The van der Waals surface area contributed by atoms with E-state index in [0.29, 0.717) is 6.42 Å². The molecular formula is C16H24O8. The molecule has 2 heterocycles. The molecule has 0 saturated carbocycles. The van der Waals surface area contributed by atoms with Crippen molar-refractivity contribution in [3.05, 3.63) is 23.3 Å². The van der Waals surface area contributed by atoms with Gasteiger partial charge in [-0.1, -0.05) is 11.6 Å². The summed E-state index contributed by atoms with van der Waals surface area (Å²) in [7, 11) is 0. The van der Waals surface area contributed by atoms with Crippen LogP contribution in [0.2, 0.25) is 0 Å². The minimum absolute atomic E-state index is 0.178. The van der Waals surface area contributed by atoms with Crippen LogP contribution in [0, 0.1) is 0 Å². The summed E-state index contributed by atoms with van der Waals surface area (Å²) in [4.78, 5) is 11.9. The number of ether oxygens (including phenoxy) is 3. The average Bonchev–Trinajstić information content (AvgIpc) is 2.53. The normalized spacial score (nSPS) is 36.8. The molecule has 24 heavy (non-hydrogen) atoms. The Kier molecular flexibility index (Phi) is 6.50. The molecule has 1 fully saturated rings. The van der Waals surface area contributed by atoms with E-state index >= 15 is 0 Å². The number of rotatable bonds is 5. The van der Waals surface area contributed by atoms with Crippen molar-refractivity contribution in [1.29, 1.82) is 0 Å². The summed E-state index contributed by atoms with van der Waals surface area (Å²) in [5.74, 6) is -0.520. The first kappa shape index (κ1) is 19.0. The maximum absolute atomic E-state index is 11.9. The fraction of sp³-hybridized carbons (Fsp3) is 0.688. The maximum Gasteiger partial charge on any atom is 0.336 e. The minimum Gasteiger partial charge on any atom is -0.454 e. The Morgan fingerprint density at radius 3 is 2.58 bits per heavy atom. The first-order valence-electron chi connectivity index (χ1n) is 7.80. The molecule has 2 aliphatic heterocycles. The second kappa shape index (κ2) is 8.19. The van der Waals surface area contributed by atoms with Crippen LogP contribution >= 0.6 is 0 Å². The van der Waals surface area contributed by atoms with Gasteiger partial charge in [-0.15, -0.1) is 0 Å². The second-order valence-electron chi connectivity index (χ2n) is 6.16. The number of aliphatic hydroxyl groups is 4. The molecule has 8 heteroatoms. The Balaban J connectivity index is 1.94. The molecule has 0 aromatic carbocycles. The first-order chi connectivity index (χ1) is 11.3. The number of carbonyl (C=O) groups excluding carboxylic acids is 1. The SMILES string of the molecule is CC(C)=CC1CC=C(CO[C@@H]2O[C@H](CO)[C@@H](O)[C@H](O)[C@H]2O)C(=O)O1. The molecule has 0 aromatic rings. The molecule has 0 amide bonds. The van der Waals surface area contributed by atoms with E-state index in [4.69, 9.17) is 19.3 Å². The maximum atomic E-state index is 11.9. The van der Waals surface area contributed by atoms with Gasteiger partial charge in [0.1, 0.15) is 30.5 Å². The van der Waals surface area contributed by atoms with Crippen LogP contribution in [0.15, 0.2) is 23.3 Å². The number of cyclic esters (lactones) is 1. The Morgan fingerprint density at radius 1 is 1.29 bits per heavy atom. The molecule has 2 rings (SSSR count). The zero-order valence-electron chi connectivity index (χ0n) is 13.7. The van der Waals surface area contributed by atoms with Crippen molar-refractivity contribution in [3.8, 4) is 0 Å². The van der Waals surface area contributed by atoms with Crippen LogP contribution in [0.1, 0.15) is 20.3 Å². The molecule has 8 nitrogen and oxygen atoms in total. The van der Waals surface area contributed by atoms with Crippen LogP contribution in [0.4, 0.5) is 0 Å². The largest absolute Gasteiger partial charge is 0.454 e. The van der Waals surface area contributed by atoms with Crippen molar-refractivity contribution in [3.63, 3.8) is 0 Å². The zero-order chi connectivity index (χ0) is 17.9. The fourth-order valence-electron chi connectivity index (χ4n) is 2.57. The fourth-order valence-corrected chi connectivity index (χ4v) is 2.57. The summed E-state index contributed by atoms with van der Waals surface area (Å²) >= 11 is 0. The highest BCUT2D eigenvalue weighted by Crippen LogP contribution is 2.23. The summed E-state index contributed by atoms with van der Waals surface area (Å²) in [6.07, 6.45) is -3.04. The van der Waals surface area contributed by atoms with Gasteiger partial charge < -0.3 is 34.6 Å².